The molecule has 3 aromatic carbocycles. The highest BCUT2D eigenvalue weighted by Crippen LogP contribution is 2.48. The molecule has 0 saturated carbocycles. The lowest BCUT2D eigenvalue weighted by Crippen LogP contribution is -2.37. The van der Waals surface area contributed by atoms with Crippen molar-refractivity contribution in [3.05, 3.63) is 90.0 Å². The van der Waals surface area contributed by atoms with Gasteiger partial charge in [-0.3, -0.25) is 14.4 Å². The third-order valence-electron chi connectivity index (χ3n) is 5.96. The van der Waals surface area contributed by atoms with Crippen LogP contribution in [0.5, 0.6) is 5.75 Å². The highest BCUT2D eigenvalue weighted by molar-refractivity contribution is 6.23. The second-order valence-corrected chi connectivity index (χ2v) is 7.72. The van der Waals surface area contributed by atoms with E-state index in [4.69, 9.17) is 9.57 Å². The predicted molar refractivity (Wildman–Crippen MR) is 117 cm³/mol. The van der Waals surface area contributed by atoms with Gasteiger partial charge in [0.25, 0.3) is 5.91 Å². The van der Waals surface area contributed by atoms with Crippen molar-refractivity contribution in [3.8, 4) is 5.75 Å². The number of benzene rings is 3. The number of hydrogen-bond acceptors (Lipinski definition) is 5. The van der Waals surface area contributed by atoms with E-state index in [2.05, 4.69) is 0 Å². The summed E-state index contributed by atoms with van der Waals surface area (Å²) in [6.45, 7) is 2.01. The summed E-state index contributed by atoms with van der Waals surface area (Å²) in [4.78, 5) is 34.3. The number of aryl methyl sites for hydroxylation is 1. The largest absolute Gasteiger partial charge is 0.497 e. The van der Waals surface area contributed by atoms with Gasteiger partial charge in [0, 0.05) is 0 Å². The van der Waals surface area contributed by atoms with E-state index in [9.17, 15) is 9.59 Å². The van der Waals surface area contributed by atoms with Gasteiger partial charge in [0.2, 0.25) is 5.91 Å². The molecule has 0 aromatic heterocycles. The minimum atomic E-state index is -0.876. The number of fused-ring (bicyclic) bond motifs is 1. The van der Waals surface area contributed by atoms with E-state index < -0.39 is 18.1 Å². The number of nitrogens with zero attached hydrogens (tertiary/aromatic N) is 2. The lowest BCUT2D eigenvalue weighted by Gasteiger charge is -2.29. The molecule has 2 fully saturated rings. The lowest BCUT2D eigenvalue weighted by atomic mass is 9.88. The molecule has 0 aliphatic carbocycles. The van der Waals surface area contributed by atoms with Crippen LogP contribution in [0.1, 0.15) is 17.2 Å². The first-order valence-electron chi connectivity index (χ1n) is 10.2. The van der Waals surface area contributed by atoms with Crippen LogP contribution in [-0.4, -0.2) is 25.0 Å². The Morgan fingerprint density at radius 1 is 0.806 bits per heavy atom. The number of amides is 2. The molecule has 0 bridgehead atoms. The summed E-state index contributed by atoms with van der Waals surface area (Å²) in [5.41, 5.74) is 3.34. The quantitative estimate of drug-likeness (QED) is 0.603. The standard InChI is InChI=1S/C25H22N2O4/c1-16-8-6-7-11-20(16)22-21-23(31-27(22)18-9-4-3-5-10-18)25(29)26(24(21)28)17-12-14-19(30-2)15-13-17/h3-15,21-23H,1-2H3/t21-,22+,23+/m0/s1. The van der Waals surface area contributed by atoms with Crippen LogP contribution in [0.2, 0.25) is 0 Å². The molecule has 31 heavy (non-hydrogen) atoms. The third kappa shape index (κ3) is 3.07. The number of imide groups is 1. The summed E-state index contributed by atoms with van der Waals surface area (Å²) < 4.78 is 5.19. The van der Waals surface area contributed by atoms with Gasteiger partial charge >= 0.3 is 0 Å². The molecule has 0 radical (unpaired) electrons. The van der Waals surface area contributed by atoms with E-state index in [1.165, 1.54) is 4.90 Å². The molecule has 2 aliphatic rings. The van der Waals surface area contributed by atoms with E-state index in [0.717, 1.165) is 16.8 Å². The summed E-state index contributed by atoms with van der Waals surface area (Å²) in [5.74, 6) is -0.590. The lowest BCUT2D eigenvalue weighted by molar-refractivity contribution is -0.126. The molecular formula is C25H22N2O4. The zero-order valence-electron chi connectivity index (χ0n) is 17.3. The number of methoxy groups -OCH3 is 1. The smallest absolute Gasteiger partial charge is 0.266 e. The van der Waals surface area contributed by atoms with Crippen LogP contribution < -0.4 is 14.7 Å². The third-order valence-corrected chi connectivity index (χ3v) is 5.96. The summed E-state index contributed by atoms with van der Waals surface area (Å²) >= 11 is 0. The molecule has 5 rings (SSSR count). The van der Waals surface area contributed by atoms with Gasteiger partial charge in [-0.25, -0.2) is 9.96 Å². The van der Waals surface area contributed by atoms with Crippen molar-refractivity contribution < 1.29 is 19.2 Å². The molecule has 6 heteroatoms. The van der Waals surface area contributed by atoms with Gasteiger partial charge < -0.3 is 4.74 Å². The van der Waals surface area contributed by atoms with Crippen molar-refractivity contribution in [3.63, 3.8) is 0 Å². The van der Waals surface area contributed by atoms with Crippen molar-refractivity contribution >= 4 is 23.2 Å². The Bertz CT molecular complexity index is 1130. The van der Waals surface area contributed by atoms with Crippen molar-refractivity contribution in [2.45, 2.75) is 19.1 Å². The second kappa shape index (κ2) is 7.56. The zero-order valence-corrected chi connectivity index (χ0v) is 17.3. The molecule has 2 saturated heterocycles. The Kier molecular flexibility index (Phi) is 4.71. The number of ether oxygens (including phenoxy) is 1. The van der Waals surface area contributed by atoms with E-state index in [1.54, 1.807) is 36.4 Å². The minimum Gasteiger partial charge on any atom is -0.497 e. The number of para-hydroxylation sites is 1. The Labute approximate surface area is 180 Å². The summed E-state index contributed by atoms with van der Waals surface area (Å²) in [6, 6.07) is 24.0. The van der Waals surface area contributed by atoms with Crippen LogP contribution in [0, 0.1) is 12.8 Å². The molecule has 2 aliphatic heterocycles. The number of rotatable bonds is 4. The maximum atomic E-state index is 13.6. The molecule has 2 amide bonds. The average molecular weight is 414 g/mol. The predicted octanol–water partition coefficient (Wildman–Crippen LogP) is 4.05. The van der Waals surface area contributed by atoms with Crippen molar-refractivity contribution in [2.75, 3.05) is 17.1 Å². The van der Waals surface area contributed by atoms with Crippen LogP contribution in [0.15, 0.2) is 78.9 Å². The molecule has 0 spiro atoms. The van der Waals surface area contributed by atoms with Gasteiger partial charge in [-0.15, -0.1) is 0 Å². The van der Waals surface area contributed by atoms with Crippen LogP contribution in [0.25, 0.3) is 0 Å². The maximum Gasteiger partial charge on any atom is 0.266 e. The SMILES string of the molecule is COc1ccc(N2C(=O)[C@H]3[C@@H](c4ccccc4C)N(c4ccccc4)O[C@H]3C2=O)cc1. The molecule has 3 aromatic rings. The average Bonchev–Trinajstić information content (AvgIpc) is 3.31. The first-order valence-corrected chi connectivity index (χ1v) is 10.2. The Morgan fingerprint density at radius 2 is 1.48 bits per heavy atom. The van der Waals surface area contributed by atoms with Crippen LogP contribution in [-0.2, 0) is 14.4 Å². The van der Waals surface area contributed by atoms with Crippen LogP contribution in [0.3, 0.4) is 0 Å². The summed E-state index contributed by atoms with van der Waals surface area (Å²) in [7, 11) is 1.57. The van der Waals surface area contributed by atoms with Crippen molar-refractivity contribution in [2.24, 2.45) is 5.92 Å². The van der Waals surface area contributed by atoms with Gasteiger partial charge in [-0.05, 0) is 54.4 Å². The number of hydroxylamine groups is 1. The summed E-state index contributed by atoms with van der Waals surface area (Å²) in [5, 5.41) is 1.72. The number of carbonyl (C=O) groups is 2. The minimum absolute atomic E-state index is 0.258. The fourth-order valence-electron chi connectivity index (χ4n) is 4.43. The van der Waals surface area contributed by atoms with E-state index in [-0.39, 0.29) is 11.8 Å². The van der Waals surface area contributed by atoms with Gasteiger partial charge in [-0.2, -0.15) is 0 Å². The monoisotopic (exact) mass is 414 g/mol. The highest BCUT2D eigenvalue weighted by atomic mass is 16.7. The highest BCUT2D eigenvalue weighted by Gasteiger charge is 2.60. The number of carbonyl (C=O) groups excluding carboxylic acids is 2. The summed E-state index contributed by atoms with van der Waals surface area (Å²) in [6.07, 6.45) is -0.876. The van der Waals surface area contributed by atoms with E-state index >= 15 is 0 Å². The molecule has 156 valence electrons. The molecule has 0 N–H and O–H groups in total. The number of anilines is 2. The molecule has 0 unspecified atom stereocenters. The molecule has 3 atom stereocenters. The fraction of sp³-hybridized carbons (Fsp3) is 0.200. The van der Waals surface area contributed by atoms with Gasteiger partial charge in [-0.1, -0.05) is 42.5 Å². The Balaban J connectivity index is 1.58. The van der Waals surface area contributed by atoms with Gasteiger partial charge in [0.1, 0.15) is 11.7 Å². The molecule has 6 nitrogen and oxygen atoms in total. The van der Waals surface area contributed by atoms with Crippen LogP contribution in [0.4, 0.5) is 11.4 Å². The van der Waals surface area contributed by atoms with Crippen LogP contribution >= 0.6 is 0 Å². The van der Waals surface area contributed by atoms with Crippen molar-refractivity contribution in [1.29, 1.82) is 0 Å². The maximum absolute atomic E-state index is 13.6. The Hall–Kier alpha value is -3.64. The van der Waals surface area contributed by atoms with Gasteiger partial charge in [0.05, 0.1) is 24.5 Å². The number of hydrogen-bond donors (Lipinski definition) is 0. The Morgan fingerprint density at radius 3 is 2.16 bits per heavy atom. The molecular weight excluding hydrogens is 392 g/mol. The second-order valence-electron chi connectivity index (χ2n) is 7.72. The molecule has 2 heterocycles. The van der Waals surface area contributed by atoms with E-state index in [0.29, 0.717) is 11.4 Å². The van der Waals surface area contributed by atoms with Crippen molar-refractivity contribution in [1.82, 2.24) is 0 Å². The normalized spacial score (nSPS) is 22.7. The van der Waals surface area contributed by atoms with Gasteiger partial charge in [0.15, 0.2) is 6.10 Å². The first-order chi connectivity index (χ1) is 15.1. The zero-order chi connectivity index (χ0) is 21.5. The fourth-order valence-corrected chi connectivity index (χ4v) is 4.43. The van der Waals surface area contributed by atoms with E-state index in [1.807, 2.05) is 61.5 Å². The first kappa shape index (κ1) is 19.3. The topological polar surface area (TPSA) is 59.1 Å².